The van der Waals surface area contributed by atoms with Gasteiger partial charge in [0.1, 0.15) is 5.82 Å². The number of aryl methyl sites for hydroxylation is 1. The molecule has 1 aliphatic heterocycles. The van der Waals surface area contributed by atoms with E-state index in [0.29, 0.717) is 13.1 Å². The Labute approximate surface area is 157 Å². The summed E-state index contributed by atoms with van der Waals surface area (Å²) in [5.41, 5.74) is 6.82. The Morgan fingerprint density at radius 1 is 1.11 bits per heavy atom. The van der Waals surface area contributed by atoms with Crippen LogP contribution in [0.3, 0.4) is 0 Å². The average Bonchev–Trinajstić information content (AvgIpc) is 2.67. The molecule has 9 nitrogen and oxygen atoms in total. The van der Waals surface area contributed by atoms with Crippen LogP contribution in [0.5, 0.6) is 0 Å². The van der Waals surface area contributed by atoms with Crippen molar-refractivity contribution in [2.45, 2.75) is 11.8 Å². The van der Waals surface area contributed by atoms with E-state index in [4.69, 9.17) is 5.73 Å². The lowest BCUT2D eigenvalue weighted by Gasteiger charge is -2.34. The molecule has 10 heteroatoms. The number of hydrogen-bond donors (Lipinski definition) is 1. The van der Waals surface area contributed by atoms with Gasteiger partial charge >= 0.3 is 5.97 Å². The van der Waals surface area contributed by atoms with Gasteiger partial charge in [-0.05, 0) is 19.1 Å². The number of nitrogens with two attached hydrogens (primary N) is 1. The second-order valence-electron chi connectivity index (χ2n) is 6.17. The maximum Gasteiger partial charge on any atom is 0.356 e. The number of methoxy groups -OCH3 is 1. The first kappa shape index (κ1) is 19.1. The highest BCUT2D eigenvalue weighted by Crippen LogP contribution is 2.20. The Hall–Kier alpha value is -2.72. The maximum absolute atomic E-state index is 12.8. The molecule has 1 aromatic heterocycles. The summed E-state index contributed by atoms with van der Waals surface area (Å²) in [4.78, 5) is 22.1. The zero-order valence-corrected chi connectivity index (χ0v) is 15.9. The fourth-order valence-corrected chi connectivity index (χ4v) is 4.21. The molecule has 0 atom stereocenters. The number of carbonyl (C=O) groups is 1. The van der Waals surface area contributed by atoms with Gasteiger partial charge in [-0.1, -0.05) is 17.7 Å². The van der Waals surface area contributed by atoms with E-state index in [1.54, 1.807) is 29.2 Å². The summed E-state index contributed by atoms with van der Waals surface area (Å²) in [7, 11) is -2.29. The third kappa shape index (κ3) is 4.01. The normalized spacial score (nSPS) is 15.6. The lowest BCUT2D eigenvalue weighted by atomic mass is 10.2. The molecule has 144 valence electrons. The van der Waals surface area contributed by atoms with E-state index in [-0.39, 0.29) is 35.4 Å². The van der Waals surface area contributed by atoms with Gasteiger partial charge in [0.15, 0.2) is 5.69 Å². The van der Waals surface area contributed by atoms with Crippen LogP contribution >= 0.6 is 0 Å². The van der Waals surface area contributed by atoms with Crippen LogP contribution in [0.15, 0.2) is 35.2 Å². The first-order chi connectivity index (χ1) is 12.8. The number of aromatic nitrogens is 2. The summed E-state index contributed by atoms with van der Waals surface area (Å²) in [6, 6.07) is 8.12. The lowest BCUT2D eigenvalue weighted by Crippen LogP contribution is -2.49. The standard InChI is InChI=1S/C17H21N5O4S/c1-12-3-5-13(6-4-12)27(24,25)22-9-7-21(8-10-22)17-19-14(16(23)26-2)11-15(18)20-17/h3-6,11H,7-10H2,1-2H3,(H2,18,19,20). The molecular formula is C17H21N5O4S. The second kappa shape index (κ2) is 7.49. The molecule has 0 amide bonds. The smallest absolute Gasteiger partial charge is 0.356 e. The van der Waals surface area contributed by atoms with Gasteiger partial charge in [-0.3, -0.25) is 0 Å². The molecule has 2 heterocycles. The van der Waals surface area contributed by atoms with Crippen molar-refractivity contribution < 1.29 is 17.9 Å². The fraction of sp³-hybridized carbons (Fsp3) is 0.353. The zero-order valence-electron chi connectivity index (χ0n) is 15.1. The summed E-state index contributed by atoms with van der Waals surface area (Å²) in [6.07, 6.45) is 0. The van der Waals surface area contributed by atoms with Gasteiger partial charge in [0, 0.05) is 32.2 Å². The number of carbonyl (C=O) groups excluding carboxylic acids is 1. The molecule has 0 unspecified atom stereocenters. The van der Waals surface area contributed by atoms with Crippen LogP contribution in [0.25, 0.3) is 0 Å². The van der Waals surface area contributed by atoms with E-state index in [9.17, 15) is 13.2 Å². The van der Waals surface area contributed by atoms with Crippen LogP contribution in [0.4, 0.5) is 11.8 Å². The van der Waals surface area contributed by atoms with Gasteiger partial charge in [0.2, 0.25) is 16.0 Å². The van der Waals surface area contributed by atoms with E-state index < -0.39 is 16.0 Å². The van der Waals surface area contributed by atoms with Crippen molar-refractivity contribution >= 4 is 27.8 Å². The second-order valence-corrected chi connectivity index (χ2v) is 8.11. The largest absolute Gasteiger partial charge is 0.464 e. The number of ether oxygens (including phenoxy) is 1. The van der Waals surface area contributed by atoms with Crippen LogP contribution < -0.4 is 10.6 Å². The number of nitrogen functional groups attached to an aromatic ring is 1. The van der Waals surface area contributed by atoms with E-state index in [1.165, 1.54) is 17.5 Å². The predicted molar refractivity (Wildman–Crippen MR) is 99.9 cm³/mol. The molecule has 0 radical (unpaired) electrons. The van der Waals surface area contributed by atoms with Crippen molar-refractivity contribution in [3.8, 4) is 0 Å². The first-order valence-corrected chi connectivity index (χ1v) is 9.80. The van der Waals surface area contributed by atoms with Gasteiger partial charge in [-0.25, -0.2) is 18.2 Å². The number of rotatable bonds is 4. The van der Waals surface area contributed by atoms with Crippen molar-refractivity contribution in [1.29, 1.82) is 0 Å². The summed E-state index contributed by atoms with van der Waals surface area (Å²) < 4.78 is 31.6. The van der Waals surface area contributed by atoms with Crippen molar-refractivity contribution in [2.75, 3.05) is 43.9 Å². The van der Waals surface area contributed by atoms with E-state index >= 15 is 0 Å². The Balaban J connectivity index is 1.75. The number of sulfonamides is 1. The number of hydrogen-bond acceptors (Lipinski definition) is 8. The van der Waals surface area contributed by atoms with Crippen LogP contribution in [-0.4, -0.2) is 61.9 Å². The van der Waals surface area contributed by atoms with Gasteiger partial charge < -0.3 is 15.4 Å². The Morgan fingerprint density at radius 3 is 2.33 bits per heavy atom. The molecule has 0 aliphatic carbocycles. The fourth-order valence-electron chi connectivity index (χ4n) is 2.79. The van der Waals surface area contributed by atoms with E-state index in [1.807, 2.05) is 6.92 Å². The summed E-state index contributed by atoms with van der Waals surface area (Å²) >= 11 is 0. The highest BCUT2D eigenvalue weighted by molar-refractivity contribution is 7.89. The molecule has 2 N–H and O–H groups in total. The molecule has 1 aromatic carbocycles. The number of piperazine rings is 1. The minimum absolute atomic E-state index is 0.0645. The van der Waals surface area contributed by atoms with Crippen molar-refractivity contribution in [3.05, 3.63) is 41.6 Å². The van der Waals surface area contributed by atoms with Crippen molar-refractivity contribution in [1.82, 2.24) is 14.3 Å². The third-order valence-corrected chi connectivity index (χ3v) is 6.22. The SMILES string of the molecule is COC(=O)c1cc(N)nc(N2CCN(S(=O)(=O)c3ccc(C)cc3)CC2)n1. The summed E-state index contributed by atoms with van der Waals surface area (Å²) in [6.45, 7) is 3.23. The Bertz CT molecular complexity index is 938. The Kier molecular flexibility index (Phi) is 5.29. The van der Waals surface area contributed by atoms with Crippen LogP contribution in [0, 0.1) is 6.92 Å². The van der Waals surface area contributed by atoms with Gasteiger partial charge in [-0.2, -0.15) is 9.29 Å². The highest BCUT2D eigenvalue weighted by Gasteiger charge is 2.29. The number of esters is 1. The molecule has 1 aliphatic rings. The summed E-state index contributed by atoms with van der Waals surface area (Å²) in [5.74, 6) is -0.177. The van der Waals surface area contributed by atoms with Crippen LogP contribution in [0.1, 0.15) is 16.1 Å². The molecule has 2 aromatic rings. The molecule has 0 spiro atoms. The van der Waals surface area contributed by atoms with Gasteiger partial charge in [0.05, 0.1) is 12.0 Å². The topological polar surface area (TPSA) is 119 Å². The monoisotopic (exact) mass is 391 g/mol. The molecule has 1 saturated heterocycles. The molecule has 27 heavy (non-hydrogen) atoms. The number of nitrogens with zero attached hydrogens (tertiary/aromatic N) is 4. The van der Waals surface area contributed by atoms with E-state index in [0.717, 1.165) is 5.56 Å². The molecule has 0 bridgehead atoms. The van der Waals surface area contributed by atoms with Crippen molar-refractivity contribution in [2.24, 2.45) is 0 Å². The minimum Gasteiger partial charge on any atom is -0.464 e. The third-order valence-electron chi connectivity index (χ3n) is 4.31. The van der Waals surface area contributed by atoms with Gasteiger partial charge in [0.25, 0.3) is 0 Å². The predicted octanol–water partition coefficient (Wildman–Crippen LogP) is 0.665. The van der Waals surface area contributed by atoms with Gasteiger partial charge in [-0.15, -0.1) is 0 Å². The van der Waals surface area contributed by atoms with Crippen LogP contribution in [-0.2, 0) is 14.8 Å². The Morgan fingerprint density at radius 2 is 1.74 bits per heavy atom. The lowest BCUT2D eigenvalue weighted by molar-refractivity contribution is 0.0594. The maximum atomic E-state index is 12.8. The molecule has 3 rings (SSSR count). The quantitative estimate of drug-likeness (QED) is 0.755. The first-order valence-electron chi connectivity index (χ1n) is 8.36. The number of anilines is 2. The molecular weight excluding hydrogens is 370 g/mol. The average molecular weight is 391 g/mol. The molecule has 0 saturated carbocycles. The van der Waals surface area contributed by atoms with Crippen LogP contribution in [0.2, 0.25) is 0 Å². The van der Waals surface area contributed by atoms with E-state index in [2.05, 4.69) is 14.7 Å². The summed E-state index contributed by atoms with van der Waals surface area (Å²) in [5, 5.41) is 0. The van der Waals surface area contributed by atoms with Crippen molar-refractivity contribution in [3.63, 3.8) is 0 Å². The minimum atomic E-state index is -3.55. The number of benzene rings is 1. The molecule has 1 fully saturated rings. The highest BCUT2D eigenvalue weighted by atomic mass is 32.2. The zero-order chi connectivity index (χ0) is 19.6.